The molecule has 0 saturated heterocycles. The van der Waals surface area contributed by atoms with Crippen LogP contribution in [0.1, 0.15) is 0 Å². The Labute approximate surface area is 108 Å². The van der Waals surface area contributed by atoms with Crippen LogP contribution in [0.5, 0.6) is 0 Å². The summed E-state index contributed by atoms with van der Waals surface area (Å²) in [6.45, 7) is -1.65. The van der Waals surface area contributed by atoms with Crippen molar-refractivity contribution in [1.29, 1.82) is 0 Å². The van der Waals surface area contributed by atoms with Gasteiger partial charge in [0.1, 0.15) is 0 Å². The van der Waals surface area contributed by atoms with E-state index >= 15 is 0 Å². The largest absolute Gasteiger partial charge is 0.440 e. The number of nitrogens with one attached hydrogen (secondary N) is 1. The summed E-state index contributed by atoms with van der Waals surface area (Å²) in [6, 6.07) is 4.54. The quantitative estimate of drug-likeness (QED) is 0.881. The molecule has 0 fully saturated rings. The minimum absolute atomic E-state index is 0.160. The first kappa shape index (κ1) is 14.1. The Morgan fingerprint density at radius 3 is 2.71 bits per heavy atom. The molecular formula is C9H6BrClF3NO2. The van der Waals surface area contributed by atoms with Gasteiger partial charge in [-0.05, 0) is 18.2 Å². The van der Waals surface area contributed by atoms with E-state index in [-0.39, 0.29) is 10.7 Å². The lowest BCUT2D eigenvalue weighted by atomic mass is 10.3. The molecule has 0 radical (unpaired) electrons. The summed E-state index contributed by atoms with van der Waals surface area (Å²) in [7, 11) is 0. The average molecular weight is 333 g/mol. The van der Waals surface area contributed by atoms with Crippen LogP contribution >= 0.6 is 27.5 Å². The number of halogens is 5. The summed E-state index contributed by atoms with van der Waals surface area (Å²) < 4.78 is 39.9. The summed E-state index contributed by atoms with van der Waals surface area (Å²) in [5.41, 5.74) is 0.160. The van der Waals surface area contributed by atoms with E-state index < -0.39 is 18.9 Å². The second-order valence-corrected chi connectivity index (χ2v) is 4.26. The molecule has 1 N–H and O–H groups in total. The first-order valence-corrected chi connectivity index (χ1v) is 5.40. The number of amides is 1. The van der Waals surface area contributed by atoms with Crippen LogP contribution in [0.4, 0.5) is 23.7 Å². The zero-order valence-electron chi connectivity index (χ0n) is 8.15. The molecule has 0 aliphatic rings. The lowest BCUT2D eigenvalue weighted by Crippen LogP contribution is -2.23. The van der Waals surface area contributed by atoms with Crippen LogP contribution in [0.2, 0.25) is 5.02 Å². The van der Waals surface area contributed by atoms with Crippen LogP contribution in [-0.2, 0) is 4.74 Å². The van der Waals surface area contributed by atoms with Gasteiger partial charge in [0.25, 0.3) is 0 Å². The number of alkyl halides is 3. The highest BCUT2D eigenvalue weighted by molar-refractivity contribution is 9.10. The second-order valence-electron chi connectivity index (χ2n) is 2.94. The number of carbonyl (C=O) groups excluding carboxylic acids is 1. The standard InChI is InChI=1S/C9H6BrClF3NO2/c10-5-1-2-6(11)7(3-5)15-8(16)17-4-9(12,13)14/h1-3H,4H2,(H,15,16). The predicted molar refractivity (Wildman–Crippen MR) is 60.2 cm³/mol. The summed E-state index contributed by atoms with van der Waals surface area (Å²) >= 11 is 8.84. The maximum Gasteiger partial charge on any atom is 0.422 e. The average Bonchev–Trinajstić information content (AvgIpc) is 2.20. The van der Waals surface area contributed by atoms with E-state index in [0.717, 1.165) is 0 Å². The Morgan fingerprint density at radius 1 is 1.47 bits per heavy atom. The highest BCUT2D eigenvalue weighted by Crippen LogP contribution is 2.26. The Morgan fingerprint density at radius 2 is 2.12 bits per heavy atom. The van der Waals surface area contributed by atoms with Gasteiger partial charge in [-0.15, -0.1) is 0 Å². The van der Waals surface area contributed by atoms with Crippen LogP contribution in [0.3, 0.4) is 0 Å². The first-order valence-electron chi connectivity index (χ1n) is 4.23. The minimum atomic E-state index is -4.56. The van der Waals surface area contributed by atoms with Crippen molar-refractivity contribution in [2.75, 3.05) is 11.9 Å². The molecule has 17 heavy (non-hydrogen) atoms. The van der Waals surface area contributed by atoms with Gasteiger partial charge in [-0.3, -0.25) is 5.32 Å². The van der Waals surface area contributed by atoms with Gasteiger partial charge in [-0.1, -0.05) is 27.5 Å². The van der Waals surface area contributed by atoms with Gasteiger partial charge in [-0.25, -0.2) is 4.79 Å². The molecule has 1 aromatic carbocycles. The topological polar surface area (TPSA) is 38.3 Å². The zero-order valence-corrected chi connectivity index (χ0v) is 10.5. The van der Waals surface area contributed by atoms with Crippen molar-refractivity contribution in [2.45, 2.75) is 6.18 Å². The molecule has 0 atom stereocenters. The third kappa shape index (κ3) is 5.27. The molecule has 0 aliphatic carbocycles. The highest BCUT2D eigenvalue weighted by atomic mass is 79.9. The monoisotopic (exact) mass is 331 g/mol. The Hall–Kier alpha value is -0.950. The van der Waals surface area contributed by atoms with E-state index in [0.29, 0.717) is 4.47 Å². The van der Waals surface area contributed by atoms with Crippen molar-refractivity contribution in [1.82, 2.24) is 0 Å². The molecule has 1 aromatic rings. The van der Waals surface area contributed by atoms with Crippen molar-refractivity contribution in [2.24, 2.45) is 0 Å². The lowest BCUT2D eigenvalue weighted by Gasteiger charge is -2.10. The Kier molecular flexibility index (Phi) is 4.64. The molecule has 1 rings (SSSR count). The molecule has 94 valence electrons. The number of carbonyl (C=O) groups is 1. The summed E-state index contributed by atoms with van der Waals surface area (Å²) in [6.07, 6.45) is -5.78. The van der Waals surface area contributed by atoms with Crippen LogP contribution in [0.25, 0.3) is 0 Å². The molecular weight excluding hydrogens is 326 g/mol. The first-order chi connectivity index (χ1) is 7.78. The highest BCUT2D eigenvalue weighted by Gasteiger charge is 2.29. The van der Waals surface area contributed by atoms with Crippen LogP contribution < -0.4 is 5.32 Å². The molecule has 0 aliphatic heterocycles. The Balaban J connectivity index is 2.59. The van der Waals surface area contributed by atoms with Crippen molar-refractivity contribution in [3.63, 3.8) is 0 Å². The number of rotatable bonds is 2. The van der Waals surface area contributed by atoms with Gasteiger partial charge >= 0.3 is 12.3 Å². The van der Waals surface area contributed by atoms with E-state index in [1.165, 1.54) is 12.1 Å². The number of ether oxygens (including phenoxy) is 1. The van der Waals surface area contributed by atoms with E-state index in [4.69, 9.17) is 11.6 Å². The van der Waals surface area contributed by atoms with Gasteiger partial charge < -0.3 is 4.74 Å². The lowest BCUT2D eigenvalue weighted by molar-refractivity contribution is -0.159. The molecule has 0 unspecified atom stereocenters. The molecule has 0 aromatic heterocycles. The fraction of sp³-hybridized carbons (Fsp3) is 0.222. The molecule has 0 saturated carbocycles. The summed E-state index contributed by atoms with van der Waals surface area (Å²) in [5.74, 6) is 0. The molecule has 0 bridgehead atoms. The number of hydrogen-bond acceptors (Lipinski definition) is 2. The van der Waals surface area contributed by atoms with Crippen LogP contribution in [0, 0.1) is 0 Å². The van der Waals surface area contributed by atoms with E-state index in [9.17, 15) is 18.0 Å². The molecule has 0 heterocycles. The molecule has 0 spiro atoms. The van der Waals surface area contributed by atoms with Crippen LogP contribution in [-0.4, -0.2) is 18.9 Å². The van der Waals surface area contributed by atoms with E-state index in [1.807, 2.05) is 0 Å². The molecule has 1 amide bonds. The zero-order chi connectivity index (χ0) is 13.1. The van der Waals surface area contributed by atoms with E-state index in [1.54, 1.807) is 6.07 Å². The molecule has 3 nitrogen and oxygen atoms in total. The SMILES string of the molecule is O=C(Nc1cc(Br)ccc1Cl)OCC(F)(F)F. The number of benzene rings is 1. The predicted octanol–water partition coefficient (Wildman–Crippen LogP) is 4.21. The van der Waals surface area contributed by atoms with Gasteiger partial charge in [-0.2, -0.15) is 13.2 Å². The molecule has 8 heteroatoms. The fourth-order valence-electron chi connectivity index (χ4n) is 0.887. The van der Waals surface area contributed by atoms with Crippen molar-refractivity contribution < 1.29 is 22.7 Å². The Bertz CT molecular complexity index is 425. The van der Waals surface area contributed by atoms with Crippen molar-refractivity contribution in [3.05, 3.63) is 27.7 Å². The summed E-state index contributed by atoms with van der Waals surface area (Å²) in [4.78, 5) is 11.0. The third-order valence-corrected chi connectivity index (χ3v) is 2.35. The van der Waals surface area contributed by atoms with E-state index in [2.05, 4.69) is 26.0 Å². The maximum absolute atomic E-state index is 11.8. The van der Waals surface area contributed by atoms with Crippen molar-refractivity contribution in [3.8, 4) is 0 Å². The smallest absolute Gasteiger partial charge is 0.422 e. The van der Waals surface area contributed by atoms with Crippen molar-refractivity contribution >= 4 is 39.3 Å². The minimum Gasteiger partial charge on any atom is -0.440 e. The van der Waals surface area contributed by atoms with Gasteiger partial charge in [0, 0.05) is 4.47 Å². The normalized spacial score (nSPS) is 11.1. The maximum atomic E-state index is 11.8. The number of anilines is 1. The number of hydrogen-bond donors (Lipinski definition) is 1. The third-order valence-electron chi connectivity index (χ3n) is 1.53. The fourth-order valence-corrected chi connectivity index (χ4v) is 1.41. The van der Waals surface area contributed by atoms with Crippen LogP contribution in [0.15, 0.2) is 22.7 Å². The van der Waals surface area contributed by atoms with Gasteiger partial charge in [0.15, 0.2) is 6.61 Å². The summed E-state index contributed by atoms with van der Waals surface area (Å²) in [5, 5.41) is 2.29. The second kappa shape index (κ2) is 5.59. The van der Waals surface area contributed by atoms with Gasteiger partial charge in [0.2, 0.25) is 0 Å². The van der Waals surface area contributed by atoms with Gasteiger partial charge in [0.05, 0.1) is 10.7 Å².